The second kappa shape index (κ2) is 9.12. The molecule has 0 bridgehead atoms. The van der Waals surface area contributed by atoms with Gasteiger partial charge in [0.1, 0.15) is 23.5 Å². The Morgan fingerprint density at radius 3 is 2.10 bits per heavy atom. The molecule has 0 radical (unpaired) electrons. The van der Waals surface area contributed by atoms with E-state index in [9.17, 15) is 19.2 Å². The highest BCUT2D eigenvalue weighted by atomic mass is 35.5. The van der Waals surface area contributed by atoms with Crippen molar-refractivity contribution in [2.45, 2.75) is 67.8 Å². The number of nitrogens with zero attached hydrogens (tertiary/aromatic N) is 3. The molecule has 0 aromatic heterocycles. The minimum Gasteiger partial charge on any atom is -0.357 e. The lowest BCUT2D eigenvalue weighted by Gasteiger charge is -2.34. The molecule has 29 heavy (non-hydrogen) atoms. The zero-order chi connectivity index (χ0) is 21.3. The van der Waals surface area contributed by atoms with Gasteiger partial charge in [0.25, 0.3) is 0 Å². The van der Waals surface area contributed by atoms with Crippen molar-refractivity contribution in [1.29, 1.82) is 0 Å². The normalized spacial score (nSPS) is 30.6. The van der Waals surface area contributed by atoms with Gasteiger partial charge in [-0.05, 0) is 39.0 Å². The van der Waals surface area contributed by atoms with Crippen molar-refractivity contribution < 1.29 is 19.2 Å². The molecule has 3 aliphatic heterocycles. The van der Waals surface area contributed by atoms with Crippen LogP contribution in [0.5, 0.6) is 0 Å². The number of carbonyl (C=O) groups excluding carboxylic acids is 4. The van der Waals surface area contributed by atoms with Gasteiger partial charge in [0.05, 0.1) is 0 Å². The number of amides is 4. The van der Waals surface area contributed by atoms with Crippen LogP contribution in [0, 0.1) is 0 Å². The van der Waals surface area contributed by atoms with E-state index in [0.29, 0.717) is 38.9 Å². The summed E-state index contributed by atoms with van der Waals surface area (Å²) in [4.78, 5) is 55.9. The van der Waals surface area contributed by atoms with Crippen LogP contribution in [0.25, 0.3) is 0 Å². The Hall–Kier alpha value is -1.48. The topological polar surface area (TPSA) is 90.0 Å². The molecule has 0 saturated carbocycles. The Labute approximate surface area is 181 Å². The molecule has 8 nitrogen and oxygen atoms in total. The Balaban J connectivity index is 1.75. The maximum Gasteiger partial charge on any atom is 0.246 e. The number of hydrogen-bond acceptors (Lipinski definition) is 5. The van der Waals surface area contributed by atoms with Crippen LogP contribution in [0.3, 0.4) is 0 Å². The van der Waals surface area contributed by atoms with Crippen LogP contribution in [0.15, 0.2) is 0 Å². The zero-order valence-corrected chi connectivity index (χ0v) is 18.5. The third kappa shape index (κ3) is 4.35. The number of carbonyl (C=O) groups is 4. The molecule has 0 aliphatic carbocycles. The maximum absolute atomic E-state index is 13.3. The Morgan fingerprint density at radius 2 is 1.52 bits per heavy atom. The molecule has 4 amide bonds. The molecule has 3 rings (SSSR count). The summed E-state index contributed by atoms with van der Waals surface area (Å²) in [6.07, 6.45) is 3.09. The van der Waals surface area contributed by atoms with Crippen molar-refractivity contribution in [2.75, 3.05) is 26.7 Å². The molecule has 0 spiro atoms. The standard InChI is InChI=1S/C19H29ClN4O4S/c1-11(20)17(26)22-7-3-5-13(22)18(27)23-8-4-6-14(23)19(28)24-10-12(29)9-15(24)16(25)21-2/h11-15,29H,3-10H2,1-2H3,(H,21,25)/t11-,12-,13-,14-,15-/m0/s1. The van der Waals surface area contributed by atoms with E-state index in [0.717, 1.165) is 12.8 Å². The van der Waals surface area contributed by atoms with Crippen molar-refractivity contribution in [1.82, 2.24) is 20.0 Å². The first-order valence-electron chi connectivity index (χ1n) is 10.2. The summed E-state index contributed by atoms with van der Waals surface area (Å²) in [7, 11) is 1.55. The van der Waals surface area contributed by atoms with E-state index in [1.54, 1.807) is 28.7 Å². The van der Waals surface area contributed by atoms with Crippen molar-refractivity contribution in [3.8, 4) is 0 Å². The van der Waals surface area contributed by atoms with Crippen LogP contribution in [0.1, 0.15) is 39.0 Å². The number of nitrogens with one attached hydrogen (secondary N) is 1. The lowest BCUT2D eigenvalue weighted by Crippen LogP contribution is -2.56. The fraction of sp³-hybridized carbons (Fsp3) is 0.789. The Bertz CT molecular complexity index is 691. The first kappa shape index (κ1) is 22.2. The Morgan fingerprint density at radius 1 is 0.966 bits per heavy atom. The largest absolute Gasteiger partial charge is 0.357 e. The van der Waals surface area contributed by atoms with Crippen LogP contribution in [0.2, 0.25) is 0 Å². The third-order valence-corrected chi connectivity index (χ3v) is 6.65. The summed E-state index contributed by atoms with van der Waals surface area (Å²) in [5, 5.41) is 1.85. The van der Waals surface area contributed by atoms with Crippen molar-refractivity contribution in [3.05, 3.63) is 0 Å². The molecule has 1 N–H and O–H groups in total. The molecule has 5 atom stereocenters. The molecular weight excluding hydrogens is 416 g/mol. The second-order valence-electron chi connectivity index (χ2n) is 8.01. The number of thiol groups is 1. The smallest absolute Gasteiger partial charge is 0.246 e. The minimum atomic E-state index is -0.690. The average Bonchev–Trinajstić information content (AvgIpc) is 3.44. The van der Waals surface area contributed by atoms with Gasteiger partial charge in [-0.3, -0.25) is 19.2 Å². The second-order valence-corrected chi connectivity index (χ2v) is 9.39. The highest BCUT2D eigenvalue weighted by Gasteiger charge is 2.46. The van der Waals surface area contributed by atoms with Crippen LogP contribution in [0.4, 0.5) is 0 Å². The summed E-state index contributed by atoms with van der Waals surface area (Å²) in [6.45, 7) is 2.97. The van der Waals surface area contributed by atoms with Gasteiger partial charge in [0, 0.05) is 31.9 Å². The predicted octanol–water partition coefficient (Wildman–Crippen LogP) is 0.241. The van der Waals surface area contributed by atoms with E-state index in [2.05, 4.69) is 17.9 Å². The Kier molecular flexibility index (Phi) is 6.98. The molecule has 0 aromatic carbocycles. The summed E-state index contributed by atoms with van der Waals surface area (Å²) >= 11 is 10.4. The van der Waals surface area contributed by atoms with Crippen LogP contribution in [-0.4, -0.2) is 93.8 Å². The van der Waals surface area contributed by atoms with E-state index < -0.39 is 23.5 Å². The van der Waals surface area contributed by atoms with Gasteiger partial charge in [-0.1, -0.05) is 0 Å². The summed E-state index contributed by atoms with van der Waals surface area (Å²) in [6, 6.07) is -1.73. The van der Waals surface area contributed by atoms with E-state index in [-0.39, 0.29) is 28.9 Å². The lowest BCUT2D eigenvalue weighted by atomic mass is 10.1. The van der Waals surface area contributed by atoms with Crippen molar-refractivity contribution in [3.63, 3.8) is 0 Å². The van der Waals surface area contributed by atoms with Crippen molar-refractivity contribution >= 4 is 47.9 Å². The molecule has 3 fully saturated rings. The van der Waals surface area contributed by atoms with E-state index >= 15 is 0 Å². The van der Waals surface area contributed by atoms with Crippen LogP contribution < -0.4 is 5.32 Å². The minimum absolute atomic E-state index is 0.0695. The van der Waals surface area contributed by atoms with Gasteiger partial charge in [0.2, 0.25) is 23.6 Å². The third-order valence-electron chi connectivity index (χ3n) is 6.09. The maximum atomic E-state index is 13.3. The van der Waals surface area contributed by atoms with E-state index in [1.165, 1.54) is 0 Å². The number of rotatable bonds is 4. The van der Waals surface area contributed by atoms with Gasteiger partial charge >= 0.3 is 0 Å². The molecule has 0 aromatic rings. The number of hydrogen-bond donors (Lipinski definition) is 2. The van der Waals surface area contributed by atoms with Crippen molar-refractivity contribution in [2.24, 2.45) is 0 Å². The van der Waals surface area contributed by atoms with Gasteiger partial charge in [-0.15, -0.1) is 11.6 Å². The zero-order valence-electron chi connectivity index (χ0n) is 16.8. The molecule has 162 valence electrons. The first-order valence-corrected chi connectivity index (χ1v) is 11.2. The van der Waals surface area contributed by atoms with Gasteiger partial charge in [-0.25, -0.2) is 0 Å². The average molecular weight is 445 g/mol. The highest BCUT2D eigenvalue weighted by molar-refractivity contribution is 7.81. The number of alkyl halides is 1. The summed E-state index contributed by atoms with van der Waals surface area (Å²) in [5.41, 5.74) is 0. The number of halogens is 1. The molecule has 3 heterocycles. The van der Waals surface area contributed by atoms with E-state index in [4.69, 9.17) is 11.6 Å². The number of likely N-dealkylation sites (tertiary alicyclic amines) is 3. The fourth-order valence-corrected chi connectivity index (χ4v) is 5.16. The van der Waals surface area contributed by atoms with Crippen LogP contribution >= 0.6 is 24.2 Å². The highest BCUT2D eigenvalue weighted by Crippen LogP contribution is 2.29. The first-order chi connectivity index (χ1) is 13.8. The van der Waals surface area contributed by atoms with Gasteiger partial charge in [0.15, 0.2) is 0 Å². The van der Waals surface area contributed by atoms with E-state index in [1.807, 2.05) is 0 Å². The molecule has 10 heteroatoms. The predicted molar refractivity (Wildman–Crippen MR) is 112 cm³/mol. The molecule has 0 unspecified atom stereocenters. The molecular formula is C19H29ClN4O4S. The van der Waals surface area contributed by atoms with Gasteiger partial charge in [-0.2, -0.15) is 12.6 Å². The lowest BCUT2D eigenvalue weighted by molar-refractivity contribution is -0.150. The summed E-state index contributed by atoms with van der Waals surface area (Å²) in [5.74, 6) is -0.860. The summed E-state index contributed by atoms with van der Waals surface area (Å²) < 4.78 is 0. The monoisotopic (exact) mass is 444 g/mol. The molecule has 3 aliphatic rings. The van der Waals surface area contributed by atoms with Crippen LogP contribution in [-0.2, 0) is 19.2 Å². The quantitative estimate of drug-likeness (QED) is 0.480. The molecule has 3 saturated heterocycles. The SMILES string of the molecule is CNC(=O)[C@@H]1C[C@H](S)CN1C(=O)[C@@H]1CCCN1C(=O)[C@@H]1CCCN1C(=O)[C@H](C)Cl. The number of likely N-dealkylation sites (N-methyl/N-ethyl adjacent to an activating group) is 1. The van der Waals surface area contributed by atoms with Gasteiger partial charge < -0.3 is 20.0 Å². The fourth-order valence-electron chi connectivity index (χ4n) is 4.66.